The monoisotopic (exact) mass is 383 g/mol. The van der Waals surface area contributed by atoms with E-state index in [-0.39, 0.29) is 6.10 Å². The van der Waals surface area contributed by atoms with Crippen LogP contribution in [0.15, 0.2) is 18.2 Å². The molecule has 0 aromatic heterocycles. The number of ether oxygens (including phenoxy) is 1. The van der Waals surface area contributed by atoms with Gasteiger partial charge in [0.15, 0.2) is 0 Å². The van der Waals surface area contributed by atoms with Crippen LogP contribution in [0.1, 0.15) is 55.4 Å². The highest BCUT2D eigenvalue weighted by atomic mass is 32.2. The molecule has 0 spiro atoms. The van der Waals surface area contributed by atoms with Crippen LogP contribution in [0.4, 0.5) is 5.69 Å². The number of rotatable bonds is 6. The minimum Gasteiger partial charge on any atom is -0.491 e. The van der Waals surface area contributed by atoms with E-state index in [9.17, 15) is 8.42 Å². The average Bonchev–Trinajstić information content (AvgIpc) is 2.68. The lowest BCUT2D eigenvalue weighted by atomic mass is 9.78. The third-order valence-corrected chi connectivity index (χ3v) is 6.52. The second-order valence-corrected chi connectivity index (χ2v) is 10.4. The van der Waals surface area contributed by atoms with Crippen molar-refractivity contribution >= 4 is 28.3 Å². The third-order valence-electron chi connectivity index (χ3n) is 4.76. The van der Waals surface area contributed by atoms with Crippen LogP contribution in [-0.4, -0.2) is 38.1 Å². The maximum Gasteiger partial charge on any atom is 0.498 e. The first-order chi connectivity index (χ1) is 11.7. The molecule has 0 aliphatic carbocycles. The van der Waals surface area contributed by atoms with Crippen molar-refractivity contribution in [1.82, 2.24) is 0 Å². The maximum atomic E-state index is 12.2. The van der Waals surface area contributed by atoms with E-state index in [0.717, 1.165) is 0 Å². The van der Waals surface area contributed by atoms with E-state index >= 15 is 0 Å². The molecule has 1 aromatic carbocycles. The first-order valence-corrected chi connectivity index (χ1v) is 10.5. The summed E-state index contributed by atoms with van der Waals surface area (Å²) in [7, 11) is -4.09. The molecule has 0 radical (unpaired) electrons. The Morgan fingerprint density at radius 2 is 1.58 bits per heavy atom. The average molecular weight is 383 g/mol. The van der Waals surface area contributed by atoms with Gasteiger partial charge in [-0.2, -0.15) is 0 Å². The van der Waals surface area contributed by atoms with E-state index in [4.69, 9.17) is 14.0 Å². The Hall–Kier alpha value is -1.25. The molecule has 1 fully saturated rings. The molecule has 8 heteroatoms. The highest BCUT2D eigenvalue weighted by Gasteiger charge is 2.52. The Bertz CT molecular complexity index is 743. The quantitative estimate of drug-likeness (QED) is 0.765. The fraction of sp³-hybridized carbons (Fsp3) is 0.667. The Labute approximate surface area is 157 Å². The van der Waals surface area contributed by atoms with Crippen LogP contribution < -0.4 is 14.9 Å². The highest BCUT2D eigenvalue weighted by molar-refractivity contribution is 7.93. The topological polar surface area (TPSA) is 73.9 Å². The van der Waals surface area contributed by atoms with Crippen LogP contribution in [0.3, 0.4) is 0 Å². The van der Waals surface area contributed by atoms with Crippen LogP contribution >= 0.6 is 0 Å². The van der Waals surface area contributed by atoms with Crippen LogP contribution in [-0.2, 0) is 19.3 Å². The van der Waals surface area contributed by atoms with Crippen LogP contribution in [0.25, 0.3) is 0 Å². The van der Waals surface area contributed by atoms with Crippen molar-refractivity contribution in [3.63, 3.8) is 0 Å². The van der Waals surface area contributed by atoms with Gasteiger partial charge in [0.05, 0.1) is 22.6 Å². The maximum absolute atomic E-state index is 12.2. The van der Waals surface area contributed by atoms with Gasteiger partial charge < -0.3 is 14.0 Å². The predicted molar refractivity (Wildman–Crippen MR) is 106 cm³/mol. The van der Waals surface area contributed by atoms with Crippen molar-refractivity contribution in [1.29, 1.82) is 0 Å². The van der Waals surface area contributed by atoms with E-state index in [1.165, 1.54) is 0 Å². The molecule has 0 amide bonds. The van der Waals surface area contributed by atoms with Gasteiger partial charge in [-0.3, -0.25) is 4.72 Å². The number of hydrogen-bond acceptors (Lipinski definition) is 5. The molecule has 26 heavy (non-hydrogen) atoms. The predicted octanol–water partition coefficient (Wildman–Crippen LogP) is 2.92. The van der Waals surface area contributed by atoms with Crippen molar-refractivity contribution in [2.24, 2.45) is 0 Å². The van der Waals surface area contributed by atoms with E-state index in [1.54, 1.807) is 32.0 Å². The third kappa shape index (κ3) is 4.35. The molecule has 146 valence electrons. The summed E-state index contributed by atoms with van der Waals surface area (Å²) in [5, 5.41) is -0.533. The molecule has 0 saturated carbocycles. The zero-order valence-corrected chi connectivity index (χ0v) is 17.7. The second-order valence-electron chi connectivity index (χ2n) is 8.20. The van der Waals surface area contributed by atoms with Crippen molar-refractivity contribution in [3.05, 3.63) is 18.2 Å². The minimum absolute atomic E-state index is 0.0330. The molecule has 1 aliphatic rings. The summed E-state index contributed by atoms with van der Waals surface area (Å²) < 4.78 is 45.1. The van der Waals surface area contributed by atoms with Gasteiger partial charge in [-0.15, -0.1) is 0 Å². The molecule has 1 heterocycles. The van der Waals surface area contributed by atoms with Gasteiger partial charge >= 0.3 is 7.12 Å². The molecule has 0 unspecified atom stereocenters. The Balaban J connectivity index is 2.43. The largest absolute Gasteiger partial charge is 0.498 e. The Kier molecular flexibility index (Phi) is 5.71. The molecule has 2 rings (SSSR count). The summed E-state index contributed by atoms with van der Waals surface area (Å²) in [4.78, 5) is 0. The Morgan fingerprint density at radius 1 is 1.04 bits per heavy atom. The molecular formula is C18H30BNO5S. The zero-order chi connectivity index (χ0) is 19.9. The van der Waals surface area contributed by atoms with Gasteiger partial charge in [0, 0.05) is 11.2 Å². The fourth-order valence-corrected chi connectivity index (χ4v) is 3.10. The lowest BCUT2D eigenvalue weighted by Gasteiger charge is -2.32. The van der Waals surface area contributed by atoms with Crippen LogP contribution in [0, 0.1) is 0 Å². The smallest absolute Gasteiger partial charge is 0.491 e. The van der Waals surface area contributed by atoms with Crippen molar-refractivity contribution in [3.8, 4) is 5.75 Å². The molecule has 0 atom stereocenters. The van der Waals surface area contributed by atoms with Gasteiger partial charge in [0.1, 0.15) is 5.75 Å². The van der Waals surface area contributed by atoms with Crippen molar-refractivity contribution in [2.45, 2.75) is 77.9 Å². The van der Waals surface area contributed by atoms with Crippen molar-refractivity contribution < 1.29 is 22.5 Å². The van der Waals surface area contributed by atoms with Gasteiger partial charge in [-0.25, -0.2) is 8.42 Å². The van der Waals surface area contributed by atoms with Crippen LogP contribution in [0.2, 0.25) is 0 Å². The van der Waals surface area contributed by atoms with E-state index in [2.05, 4.69) is 4.72 Å². The number of hydrogen-bond donors (Lipinski definition) is 1. The summed E-state index contributed by atoms with van der Waals surface area (Å²) in [5.41, 5.74) is 0.126. The molecule has 1 aliphatic heterocycles. The lowest BCUT2D eigenvalue weighted by Crippen LogP contribution is -2.41. The minimum atomic E-state index is -3.45. The molecule has 6 nitrogen and oxygen atoms in total. The molecular weight excluding hydrogens is 353 g/mol. The fourth-order valence-electron chi connectivity index (χ4n) is 2.41. The summed E-state index contributed by atoms with van der Waals surface area (Å²) in [6.45, 7) is 15.0. The highest BCUT2D eigenvalue weighted by Crippen LogP contribution is 2.37. The summed E-state index contributed by atoms with van der Waals surface area (Å²) in [6.07, 6.45) is -0.0330. The van der Waals surface area contributed by atoms with Gasteiger partial charge in [0.25, 0.3) is 0 Å². The molecule has 1 saturated heterocycles. The summed E-state index contributed by atoms with van der Waals surface area (Å²) in [5.74, 6) is 0.617. The molecule has 1 aromatic rings. The lowest BCUT2D eigenvalue weighted by molar-refractivity contribution is 0.00578. The van der Waals surface area contributed by atoms with Gasteiger partial charge in [-0.05, 0) is 73.6 Å². The van der Waals surface area contributed by atoms with Gasteiger partial charge in [-0.1, -0.05) is 0 Å². The zero-order valence-electron chi connectivity index (χ0n) is 16.9. The first-order valence-electron chi connectivity index (χ1n) is 8.93. The van der Waals surface area contributed by atoms with E-state index in [1.807, 2.05) is 41.5 Å². The summed E-state index contributed by atoms with van der Waals surface area (Å²) >= 11 is 0. The second kappa shape index (κ2) is 7.05. The normalized spacial score (nSPS) is 19.2. The number of nitrogens with one attached hydrogen (secondary N) is 1. The Morgan fingerprint density at radius 3 is 2.04 bits per heavy atom. The van der Waals surface area contributed by atoms with Crippen LogP contribution in [0.5, 0.6) is 5.75 Å². The van der Waals surface area contributed by atoms with E-state index < -0.39 is 33.6 Å². The van der Waals surface area contributed by atoms with Gasteiger partial charge in [0.2, 0.25) is 10.0 Å². The number of sulfonamides is 1. The molecule has 0 bridgehead atoms. The molecule has 1 N–H and O–H groups in total. The van der Waals surface area contributed by atoms with Crippen molar-refractivity contribution in [2.75, 3.05) is 4.72 Å². The first kappa shape index (κ1) is 21.1. The number of anilines is 1. The standard InChI is InChI=1S/C18H30BNO5S/c1-12(2)23-16-10-9-14(20-26(21,22)13(3)4)11-15(16)19-24-17(5,6)18(7,8)25-19/h9-13,20H,1-8H3. The summed E-state index contributed by atoms with van der Waals surface area (Å²) in [6, 6.07) is 5.16. The van der Waals surface area contributed by atoms with E-state index in [0.29, 0.717) is 16.9 Å². The SMILES string of the molecule is CC(C)Oc1ccc(NS(=O)(=O)C(C)C)cc1B1OC(C)(C)C(C)(C)O1. The number of benzene rings is 1.